The van der Waals surface area contributed by atoms with Crippen molar-refractivity contribution in [2.75, 3.05) is 14.2 Å². The number of methoxy groups -OCH3 is 1. The molecule has 0 aliphatic rings. The molecule has 1 unspecified atom stereocenters. The molecule has 0 aliphatic carbocycles. The zero-order chi connectivity index (χ0) is 12.1. The topological polar surface area (TPSA) is 21.3 Å². The van der Waals surface area contributed by atoms with E-state index in [0.29, 0.717) is 12.0 Å². The molecule has 0 heterocycles. The Morgan fingerprint density at radius 3 is 2.44 bits per heavy atom. The highest BCUT2D eigenvalue weighted by Crippen LogP contribution is 2.25. The summed E-state index contributed by atoms with van der Waals surface area (Å²) in [4.78, 5) is 0. The Labute approximate surface area is 99.0 Å². The SMILES string of the molecule is CNC(C)Cc1cc(C(C)C)ccc1OC. The van der Waals surface area contributed by atoms with E-state index in [2.05, 4.69) is 44.3 Å². The van der Waals surface area contributed by atoms with Crippen LogP contribution >= 0.6 is 0 Å². The predicted octanol–water partition coefficient (Wildman–Crippen LogP) is 2.97. The molecular weight excluding hydrogens is 198 g/mol. The van der Waals surface area contributed by atoms with E-state index in [0.717, 1.165) is 12.2 Å². The summed E-state index contributed by atoms with van der Waals surface area (Å²) in [7, 11) is 3.72. The molecule has 0 saturated heterocycles. The van der Waals surface area contributed by atoms with Crippen LogP contribution < -0.4 is 10.1 Å². The first-order chi connectivity index (χ1) is 7.58. The highest BCUT2D eigenvalue weighted by atomic mass is 16.5. The monoisotopic (exact) mass is 221 g/mol. The normalized spacial score (nSPS) is 12.9. The van der Waals surface area contributed by atoms with Crippen LogP contribution in [0.15, 0.2) is 18.2 Å². The predicted molar refractivity (Wildman–Crippen MR) is 69.3 cm³/mol. The summed E-state index contributed by atoms with van der Waals surface area (Å²) in [5.41, 5.74) is 2.66. The number of rotatable bonds is 5. The zero-order valence-electron chi connectivity index (χ0n) is 11.0. The van der Waals surface area contributed by atoms with Gasteiger partial charge in [0.1, 0.15) is 5.75 Å². The Bertz CT molecular complexity index is 334. The van der Waals surface area contributed by atoms with Gasteiger partial charge in [0.25, 0.3) is 0 Å². The lowest BCUT2D eigenvalue weighted by Crippen LogP contribution is -2.23. The van der Waals surface area contributed by atoms with Crippen LogP contribution in [0.2, 0.25) is 0 Å². The van der Waals surface area contributed by atoms with Crippen LogP contribution in [0.5, 0.6) is 5.75 Å². The van der Waals surface area contributed by atoms with E-state index in [1.165, 1.54) is 11.1 Å². The van der Waals surface area contributed by atoms with Gasteiger partial charge in [-0.1, -0.05) is 26.0 Å². The summed E-state index contributed by atoms with van der Waals surface area (Å²) in [5.74, 6) is 1.56. The Balaban J connectivity index is 2.97. The van der Waals surface area contributed by atoms with Crippen molar-refractivity contribution in [2.45, 2.75) is 39.2 Å². The van der Waals surface area contributed by atoms with E-state index in [1.54, 1.807) is 7.11 Å². The van der Waals surface area contributed by atoms with Crippen LogP contribution in [0, 0.1) is 0 Å². The lowest BCUT2D eigenvalue weighted by molar-refractivity contribution is 0.406. The molecule has 0 aliphatic heterocycles. The zero-order valence-corrected chi connectivity index (χ0v) is 11.0. The Kier molecular flexibility index (Phi) is 4.81. The van der Waals surface area contributed by atoms with Gasteiger partial charge in [0, 0.05) is 6.04 Å². The van der Waals surface area contributed by atoms with Crippen LogP contribution in [0.3, 0.4) is 0 Å². The van der Waals surface area contributed by atoms with Gasteiger partial charge in [-0.15, -0.1) is 0 Å². The van der Waals surface area contributed by atoms with Gasteiger partial charge < -0.3 is 10.1 Å². The maximum Gasteiger partial charge on any atom is 0.122 e. The fourth-order valence-electron chi connectivity index (χ4n) is 1.75. The average molecular weight is 221 g/mol. The van der Waals surface area contributed by atoms with Gasteiger partial charge in [0.05, 0.1) is 7.11 Å². The maximum absolute atomic E-state index is 5.40. The van der Waals surface area contributed by atoms with E-state index >= 15 is 0 Å². The number of ether oxygens (including phenoxy) is 1. The third-order valence-corrected chi connectivity index (χ3v) is 2.99. The fourth-order valence-corrected chi connectivity index (χ4v) is 1.75. The average Bonchev–Trinajstić information content (AvgIpc) is 2.28. The Hall–Kier alpha value is -1.02. The van der Waals surface area contributed by atoms with E-state index in [9.17, 15) is 0 Å². The number of benzene rings is 1. The molecule has 90 valence electrons. The largest absolute Gasteiger partial charge is 0.496 e. The maximum atomic E-state index is 5.40. The smallest absolute Gasteiger partial charge is 0.122 e. The van der Waals surface area contributed by atoms with E-state index in [1.807, 2.05) is 7.05 Å². The standard InChI is InChI=1S/C14H23NO/c1-10(2)12-6-7-14(16-5)13(9-12)8-11(3)15-4/h6-7,9-11,15H,8H2,1-5H3. The van der Waals surface area contributed by atoms with Crippen molar-refractivity contribution < 1.29 is 4.74 Å². The van der Waals surface area contributed by atoms with E-state index in [4.69, 9.17) is 4.74 Å². The van der Waals surface area contributed by atoms with Gasteiger partial charge >= 0.3 is 0 Å². The van der Waals surface area contributed by atoms with E-state index in [-0.39, 0.29) is 0 Å². The summed E-state index contributed by atoms with van der Waals surface area (Å²) in [6.07, 6.45) is 1.00. The lowest BCUT2D eigenvalue weighted by atomic mass is 9.97. The highest BCUT2D eigenvalue weighted by molar-refractivity contribution is 5.38. The third kappa shape index (κ3) is 3.24. The fraction of sp³-hybridized carbons (Fsp3) is 0.571. The molecule has 0 bridgehead atoms. The molecule has 1 aromatic carbocycles. The summed E-state index contributed by atoms with van der Waals surface area (Å²) in [6.45, 7) is 6.61. The van der Waals surface area contributed by atoms with Crippen LogP contribution in [-0.4, -0.2) is 20.2 Å². The van der Waals surface area contributed by atoms with Crippen molar-refractivity contribution in [1.29, 1.82) is 0 Å². The third-order valence-electron chi connectivity index (χ3n) is 2.99. The molecule has 0 saturated carbocycles. The van der Waals surface area contributed by atoms with Gasteiger partial charge in [-0.05, 0) is 43.5 Å². The van der Waals surface area contributed by atoms with Crippen LogP contribution in [0.25, 0.3) is 0 Å². The molecule has 1 rings (SSSR count). The quantitative estimate of drug-likeness (QED) is 0.825. The number of hydrogen-bond acceptors (Lipinski definition) is 2. The molecule has 0 radical (unpaired) electrons. The minimum atomic E-state index is 0.469. The summed E-state index contributed by atoms with van der Waals surface area (Å²) in [5, 5.41) is 3.26. The molecule has 1 aromatic rings. The van der Waals surface area contributed by atoms with Gasteiger partial charge in [-0.3, -0.25) is 0 Å². The minimum absolute atomic E-state index is 0.469. The summed E-state index contributed by atoms with van der Waals surface area (Å²) < 4.78 is 5.40. The van der Waals surface area contributed by atoms with Crippen molar-refractivity contribution in [2.24, 2.45) is 0 Å². The molecule has 0 aromatic heterocycles. The van der Waals surface area contributed by atoms with E-state index < -0.39 is 0 Å². The van der Waals surface area contributed by atoms with Gasteiger partial charge in [-0.25, -0.2) is 0 Å². The van der Waals surface area contributed by atoms with Crippen molar-refractivity contribution >= 4 is 0 Å². The molecule has 2 heteroatoms. The molecule has 0 amide bonds. The van der Waals surface area contributed by atoms with Crippen molar-refractivity contribution in [3.8, 4) is 5.75 Å². The van der Waals surface area contributed by atoms with Gasteiger partial charge in [0.2, 0.25) is 0 Å². The second-order valence-electron chi connectivity index (χ2n) is 4.62. The number of hydrogen-bond donors (Lipinski definition) is 1. The summed E-state index contributed by atoms with van der Waals surface area (Å²) in [6, 6.07) is 6.96. The molecule has 0 spiro atoms. The van der Waals surface area contributed by atoms with Crippen LogP contribution in [-0.2, 0) is 6.42 Å². The molecular formula is C14H23NO. The molecule has 1 atom stereocenters. The highest BCUT2D eigenvalue weighted by Gasteiger charge is 2.09. The lowest BCUT2D eigenvalue weighted by Gasteiger charge is -2.16. The van der Waals surface area contributed by atoms with Crippen LogP contribution in [0.4, 0.5) is 0 Å². The first kappa shape index (κ1) is 13.0. The Morgan fingerprint density at radius 2 is 1.94 bits per heavy atom. The molecule has 2 nitrogen and oxygen atoms in total. The van der Waals surface area contributed by atoms with Crippen molar-refractivity contribution in [3.63, 3.8) is 0 Å². The first-order valence-electron chi connectivity index (χ1n) is 5.92. The number of likely N-dealkylation sites (N-methyl/N-ethyl adjacent to an activating group) is 1. The summed E-state index contributed by atoms with van der Waals surface area (Å²) >= 11 is 0. The second-order valence-corrected chi connectivity index (χ2v) is 4.62. The van der Waals surface area contributed by atoms with Crippen molar-refractivity contribution in [1.82, 2.24) is 5.32 Å². The molecule has 16 heavy (non-hydrogen) atoms. The Morgan fingerprint density at radius 1 is 1.25 bits per heavy atom. The van der Waals surface area contributed by atoms with Crippen molar-refractivity contribution in [3.05, 3.63) is 29.3 Å². The van der Waals surface area contributed by atoms with Gasteiger partial charge in [-0.2, -0.15) is 0 Å². The minimum Gasteiger partial charge on any atom is -0.496 e. The molecule has 1 N–H and O–H groups in total. The second kappa shape index (κ2) is 5.90. The molecule has 0 fully saturated rings. The number of nitrogens with one attached hydrogen (secondary N) is 1. The van der Waals surface area contributed by atoms with Gasteiger partial charge in [0.15, 0.2) is 0 Å². The van der Waals surface area contributed by atoms with Crippen LogP contribution in [0.1, 0.15) is 37.8 Å². The first-order valence-corrected chi connectivity index (χ1v) is 5.92.